The second-order valence-electron chi connectivity index (χ2n) is 7.83. The molecule has 2 rings (SSSR count). The van der Waals surface area contributed by atoms with Crippen molar-refractivity contribution in [3.8, 4) is 0 Å². The van der Waals surface area contributed by atoms with E-state index in [0.29, 0.717) is 25.0 Å². The normalized spacial score (nSPS) is 25.1. The standard InChI is InChI=1S/C18H35N3O3S.ClH/c1-15-8-10-17(11-9-15)21-25(23,24)14-18(22)20-13-12-19-16-6-4-2-3-5-7-16;/h15-17,19,21H,2-14H2,1H3,(H,20,22);1H. The van der Waals surface area contributed by atoms with Gasteiger partial charge in [-0.1, -0.05) is 32.6 Å². The van der Waals surface area contributed by atoms with Crippen LogP contribution in [0.2, 0.25) is 0 Å². The summed E-state index contributed by atoms with van der Waals surface area (Å²) >= 11 is 0. The molecular formula is C18H36ClN3O3S. The van der Waals surface area contributed by atoms with E-state index in [0.717, 1.165) is 25.7 Å². The lowest BCUT2D eigenvalue weighted by Crippen LogP contribution is -2.44. The highest BCUT2D eigenvalue weighted by molar-refractivity contribution is 7.90. The number of hydrogen-bond donors (Lipinski definition) is 3. The van der Waals surface area contributed by atoms with Crippen LogP contribution < -0.4 is 15.4 Å². The van der Waals surface area contributed by atoms with E-state index < -0.39 is 21.7 Å². The van der Waals surface area contributed by atoms with Gasteiger partial charge in [-0.05, 0) is 44.4 Å². The van der Waals surface area contributed by atoms with Gasteiger partial charge in [-0.25, -0.2) is 13.1 Å². The number of hydrogen-bond acceptors (Lipinski definition) is 4. The second kappa shape index (κ2) is 12.2. The summed E-state index contributed by atoms with van der Waals surface area (Å²) in [5, 5.41) is 6.19. The van der Waals surface area contributed by atoms with Crippen molar-refractivity contribution >= 4 is 28.3 Å². The molecule has 8 heteroatoms. The molecule has 26 heavy (non-hydrogen) atoms. The van der Waals surface area contributed by atoms with Crippen molar-refractivity contribution < 1.29 is 13.2 Å². The van der Waals surface area contributed by atoms with Gasteiger partial charge in [0, 0.05) is 25.2 Å². The highest BCUT2D eigenvalue weighted by Gasteiger charge is 2.24. The lowest BCUT2D eigenvalue weighted by atomic mass is 9.88. The number of halogens is 1. The van der Waals surface area contributed by atoms with Gasteiger partial charge < -0.3 is 10.6 Å². The molecule has 0 atom stereocenters. The Labute approximate surface area is 165 Å². The van der Waals surface area contributed by atoms with Gasteiger partial charge in [0.05, 0.1) is 0 Å². The van der Waals surface area contributed by atoms with Crippen molar-refractivity contribution in [3.63, 3.8) is 0 Å². The predicted octanol–water partition coefficient (Wildman–Crippen LogP) is 2.33. The lowest BCUT2D eigenvalue weighted by molar-refractivity contribution is -0.118. The number of carbonyl (C=O) groups is 1. The van der Waals surface area contributed by atoms with Crippen LogP contribution in [0.15, 0.2) is 0 Å². The largest absolute Gasteiger partial charge is 0.354 e. The number of amides is 1. The van der Waals surface area contributed by atoms with Crippen LogP contribution >= 0.6 is 12.4 Å². The zero-order chi connectivity index (χ0) is 18.1. The Morgan fingerprint density at radius 1 is 0.885 bits per heavy atom. The van der Waals surface area contributed by atoms with E-state index in [9.17, 15) is 13.2 Å². The van der Waals surface area contributed by atoms with E-state index in [1.54, 1.807) is 0 Å². The molecule has 0 heterocycles. The first-order chi connectivity index (χ1) is 11.9. The fourth-order valence-corrected chi connectivity index (χ4v) is 5.13. The summed E-state index contributed by atoms with van der Waals surface area (Å²) in [6.45, 7) is 3.37. The molecular weight excluding hydrogens is 374 g/mol. The summed E-state index contributed by atoms with van der Waals surface area (Å²) in [6.07, 6.45) is 11.4. The third-order valence-corrected chi connectivity index (χ3v) is 6.75. The van der Waals surface area contributed by atoms with Crippen LogP contribution in [-0.2, 0) is 14.8 Å². The first kappa shape index (κ1) is 23.7. The molecule has 0 bridgehead atoms. The summed E-state index contributed by atoms with van der Waals surface area (Å²) in [5.74, 6) is -0.216. The van der Waals surface area contributed by atoms with Gasteiger partial charge in [-0.2, -0.15) is 0 Å². The Hall–Kier alpha value is -0.370. The van der Waals surface area contributed by atoms with Gasteiger partial charge in [0.1, 0.15) is 5.75 Å². The topological polar surface area (TPSA) is 87.3 Å². The second-order valence-corrected chi connectivity index (χ2v) is 9.58. The smallest absolute Gasteiger partial charge is 0.236 e. The molecule has 2 saturated carbocycles. The fraction of sp³-hybridized carbons (Fsp3) is 0.944. The Kier molecular flexibility index (Phi) is 11.1. The average molecular weight is 410 g/mol. The first-order valence-corrected chi connectivity index (χ1v) is 11.6. The maximum Gasteiger partial charge on any atom is 0.236 e. The molecule has 154 valence electrons. The van der Waals surface area contributed by atoms with Gasteiger partial charge in [-0.15, -0.1) is 12.4 Å². The molecule has 6 nitrogen and oxygen atoms in total. The van der Waals surface area contributed by atoms with E-state index in [4.69, 9.17) is 0 Å². The minimum Gasteiger partial charge on any atom is -0.354 e. The minimum absolute atomic E-state index is 0. The van der Waals surface area contributed by atoms with Gasteiger partial charge in [0.25, 0.3) is 0 Å². The Balaban J connectivity index is 0.00000338. The molecule has 0 aromatic carbocycles. The van der Waals surface area contributed by atoms with Gasteiger partial charge in [0.2, 0.25) is 15.9 Å². The van der Waals surface area contributed by atoms with E-state index in [1.165, 1.54) is 38.5 Å². The van der Waals surface area contributed by atoms with Crippen molar-refractivity contribution in [2.24, 2.45) is 5.92 Å². The lowest BCUT2D eigenvalue weighted by Gasteiger charge is -2.26. The van der Waals surface area contributed by atoms with E-state index in [2.05, 4.69) is 22.3 Å². The summed E-state index contributed by atoms with van der Waals surface area (Å²) in [7, 11) is -3.54. The van der Waals surface area contributed by atoms with Crippen molar-refractivity contribution in [1.82, 2.24) is 15.4 Å². The molecule has 0 aromatic heterocycles. The van der Waals surface area contributed by atoms with Gasteiger partial charge in [-0.3, -0.25) is 4.79 Å². The molecule has 2 aliphatic carbocycles. The highest BCUT2D eigenvalue weighted by Crippen LogP contribution is 2.23. The van der Waals surface area contributed by atoms with Crippen molar-refractivity contribution in [2.45, 2.75) is 83.2 Å². The number of sulfonamides is 1. The fourth-order valence-electron chi connectivity index (χ4n) is 3.86. The molecule has 0 saturated heterocycles. The van der Waals surface area contributed by atoms with Crippen molar-refractivity contribution in [1.29, 1.82) is 0 Å². The maximum atomic E-state index is 12.1. The zero-order valence-corrected chi connectivity index (χ0v) is 17.6. The molecule has 3 N–H and O–H groups in total. The number of nitrogens with one attached hydrogen (secondary N) is 3. The van der Waals surface area contributed by atoms with Crippen LogP contribution in [0, 0.1) is 5.92 Å². The zero-order valence-electron chi connectivity index (χ0n) is 16.0. The SMILES string of the molecule is CC1CCC(NS(=O)(=O)CC(=O)NCCNC2CCCCCC2)CC1.Cl. The highest BCUT2D eigenvalue weighted by atomic mass is 35.5. The molecule has 0 aliphatic heterocycles. The quantitative estimate of drug-likeness (QED) is 0.424. The van der Waals surface area contributed by atoms with Crippen molar-refractivity contribution in [3.05, 3.63) is 0 Å². The van der Waals surface area contributed by atoms with Gasteiger partial charge >= 0.3 is 0 Å². The Bertz CT molecular complexity index is 500. The van der Waals surface area contributed by atoms with Crippen LogP contribution in [0.3, 0.4) is 0 Å². The maximum absolute atomic E-state index is 12.1. The molecule has 2 aliphatic rings. The summed E-state index contributed by atoms with van der Waals surface area (Å²) in [6, 6.07) is 0.532. The molecule has 0 unspecified atom stereocenters. The van der Waals surface area contributed by atoms with E-state index in [-0.39, 0.29) is 18.4 Å². The van der Waals surface area contributed by atoms with Crippen LogP contribution in [0.1, 0.15) is 71.1 Å². The van der Waals surface area contributed by atoms with Crippen LogP contribution in [0.25, 0.3) is 0 Å². The Morgan fingerprint density at radius 2 is 1.50 bits per heavy atom. The molecule has 0 spiro atoms. The van der Waals surface area contributed by atoms with Gasteiger partial charge in [0.15, 0.2) is 0 Å². The van der Waals surface area contributed by atoms with Crippen LogP contribution in [0.5, 0.6) is 0 Å². The average Bonchev–Trinajstić information content (AvgIpc) is 2.82. The van der Waals surface area contributed by atoms with Crippen LogP contribution in [-0.4, -0.2) is 45.3 Å². The number of carbonyl (C=O) groups excluding carboxylic acids is 1. The van der Waals surface area contributed by atoms with E-state index in [1.807, 2.05) is 0 Å². The predicted molar refractivity (Wildman–Crippen MR) is 108 cm³/mol. The van der Waals surface area contributed by atoms with Crippen LogP contribution in [0.4, 0.5) is 0 Å². The minimum atomic E-state index is -3.54. The molecule has 0 aromatic rings. The summed E-state index contributed by atoms with van der Waals surface area (Å²) in [5.41, 5.74) is 0. The third-order valence-electron chi connectivity index (χ3n) is 5.42. The van der Waals surface area contributed by atoms with Crippen molar-refractivity contribution in [2.75, 3.05) is 18.8 Å². The molecule has 0 radical (unpaired) electrons. The summed E-state index contributed by atoms with van der Waals surface area (Å²) < 4.78 is 26.9. The monoisotopic (exact) mass is 409 g/mol. The molecule has 1 amide bonds. The van der Waals surface area contributed by atoms with E-state index >= 15 is 0 Å². The number of rotatable bonds is 8. The first-order valence-electron chi connectivity index (χ1n) is 9.95. The summed E-state index contributed by atoms with van der Waals surface area (Å²) in [4.78, 5) is 11.9. The third kappa shape index (κ3) is 9.53. The molecule has 2 fully saturated rings. The Morgan fingerprint density at radius 3 is 2.12 bits per heavy atom.